The average molecular weight is 380 g/mol. The van der Waals surface area contributed by atoms with E-state index in [2.05, 4.69) is 15.3 Å². The number of aromatic amines is 1. The van der Waals surface area contributed by atoms with E-state index >= 15 is 4.39 Å². The highest BCUT2D eigenvalue weighted by molar-refractivity contribution is 5.98. The summed E-state index contributed by atoms with van der Waals surface area (Å²) < 4.78 is 15.1. The number of aryl methyl sites for hydroxylation is 1. The number of carbonyl (C=O) groups is 1. The summed E-state index contributed by atoms with van der Waals surface area (Å²) in [4.78, 5) is 22.0. The Balaban J connectivity index is 1.30. The summed E-state index contributed by atoms with van der Waals surface area (Å²) in [5, 5.41) is 4.19. The number of piperidine rings is 1. The normalized spacial score (nSPS) is 16.4. The number of carbonyl (C=O) groups excluding carboxylic acids is 1. The Bertz CT molecular complexity index is 925. The van der Waals surface area contributed by atoms with Gasteiger partial charge >= 0.3 is 0 Å². The lowest BCUT2D eigenvalue weighted by atomic mass is 9.93. The van der Waals surface area contributed by atoms with Gasteiger partial charge in [0.05, 0.1) is 5.69 Å². The molecule has 1 saturated heterocycles. The molecule has 1 aliphatic rings. The third-order valence-electron chi connectivity index (χ3n) is 5.43. The van der Waals surface area contributed by atoms with Crippen molar-refractivity contribution < 1.29 is 9.18 Å². The summed E-state index contributed by atoms with van der Waals surface area (Å²) in [6, 6.07) is 13.6. The summed E-state index contributed by atoms with van der Waals surface area (Å²) in [7, 11) is 0. The zero-order valence-corrected chi connectivity index (χ0v) is 16.0. The minimum absolute atomic E-state index is 0.0601. The van der Waals surface area contributed by atoms with Crippen molar-refractivity contribution in [1.29, 1.82) is 0 Å². The predicted octanol–water partition coefficient (Wildman–Crippen LogP) is 3.61. The molecule has 2 aromatic heterocycles. The number of fused-ring (bicyclic) bond motifs is 1. The SMILES string of the molecule is Cc1ccc(CNCC2(F)CCN(C(=O)c3cc4ccccc4[nH]3)CC2)nc1. The zero-order chi connectivity index (χ0) is 19.6. The molecular weight excluding hydrogens is 355 g/mol. The molecule has 0 aliphatic carbocycles. The van der Waals surface area contributed by atoms with Gasteiger partial charge in [0.15, 0.2) is 0 Å². The van der Waals surface area contributed by atoms with Crippen LogP contribution < -0.4 is 5.32 Å². The third kappa shape index (κ3) is 4.07. The van der Waals surface area contributed by atoms with E-state index in [0.29, 0.717) is 38.2 Å². The Hall–Kier alpha value is -2.73. The fourth-order valence-electron chi connectivity index (χ4n) is 3.66. The molecule has 3 aromatic rings. The molecule has 0 spiro atoms. The number of likely N-dealkylation sites (tertiary alicyclic amines) is 1. The molecule has 5 nitrogen and oxygen atoms in total. The van der Waals surface area contributed by atoms with Crippen molar-refractivity contribution in [2.75, 3.05) is 19.6 Å². The van der Waals surface area contributed by atoms with Crippen LogP contribution in [0.2, 0.25) is 0 Å². The van der Waals surface area contributed by atoms with Gasteiger partial charge in [0.25, 0.3) is 5.91 Å². The van der Waals surface area contributed by atoms with E-state index in [-0.39, 0.29) is 12.5 Å². The predicted molar refractivity (Wildman–Crippen MR) is 108 cm³/mol. The Labute approximate surface area is 164 Å². The highest BCUT2D eigenvalue weighted by Crippen LogP contribution is 2.27. The summed E-state index contributed by atoms with van der Waals surface area (Å²) in [6.45, 7) is 3.66. The highest BCUT2D eigenvalue weighted by atomic mass is 19.1. The van der Waals surface area contributed by atoms with Crippen LogP contribution in [0.25, 0.3) is 10.9 Å². The first-order valence-electron chi connectivity index (χ1n) is 9.71. The van der Waals surface area contributed by atoms with Crippen molar-refractivity contribution in [3.05, 3.63) is 65.6 Å². The van der Waals surface area contributed by atoms with E-state index in [4.69, 9.17) is 0 Å². The van der Waals surface area contributed by atoms with Gasteiger partial charge in [0.2, 0.25) is 0 Å². The van der Waals surface area contributed by atoms with Gasteiger partial charge in [-0.1, -0.05) is 24.3 Å². The van der Waals surface area contributed by atoms with E-state index in [0.717, 1.165) is 22.2 Å². The lowest BCUT2D eigenvalue weighted by Gasteiger charge is -2.36. The molecule has 1 fully saturated rings. The van der Waals surface area contributed by atoms with Crippen LogP contribution in [0.3, 0.4) is 0 Å². The molecule has 0 saturated carbocycles. The van der Waals surface area contributed by atoms with Gasteiger partial charge in [-0.25, -0.2) is 4.39 Å². The smallest absolute Gasteiger partial charge is 0.270 e. The Morgan fingerprint density at radius 1 is 1.25 bits per heavy atom. The van der Waals surface area contributed by atoms with Gasteiger partial charge in [-0.15, -0.1) is 0 Å². The molecule has 1 aliphatic heterocycles. The maximum absolute atomic E-state index is 15.1. The standard InChI is InChI=1S/C22H25FN4O/c1-16-6-7-18(25-13-16)14-24-15-22(23)8-10-27(11-9-22)21(28)20-12-17-4-2-3-5-19(17)26-20/h2-7,12-13,24,26H,8-11,14-15H2,1H3. The Kier molecular flexibility index (Phi) is 5.13. The van der Waals surface area contributed by atoms with Crippen LogP contribution in [0, 0.1) is 6.92 Å². The maximum Gasteiger partial charge on any atom is 0.270 e. The summed E-state index contributed by atoms with van der Waals surface area (Å²) >= 11 is 0. The number of pyridine rings is 1. The van der Waals surface area contributed by atoms with E-state index in [1.54, 1.807) is 4.90 Å². The molecular formula is C22H25FN4O. The van der Waals surface area contributed by atoms with Crippen molar-refractivity contribution in [3.8, 4) is 0 Å². The van der Waals surface area contributed by atoms with Crippen molar-refractivity contribution in [1.82, 2.24) is 20.2 Å². The second kappa shape index (κ2) is 7.72. The Morgan fingerprint density at radius 2 is 2.04 bits per heavy atom. The molecule has 2 N–H and O–H groups in total. The summed E-state index contributed by atoms with van der Waals surface area (Å²) in [5.74, 6) is -0.0601. The average Bonchev–Trinajstić information content (AvgIpc) is 3.14. The minimum atomic E-state index is -1.29. The van der Waals surface area contributed by atoms with Gasteiger partial charge in [0, 0.05) is 56.1 Å². The van der Waals surface area contributed by atoms with Crippen molar-refractivity contribution in [3.63, 3.8) is 0 Å². The lowest BCUT2D eigenvalue weighted by molar-refractivity contribution is 0.0430. The fraction of sp³-hybridized carbons (Fsp3) is 0.364. The van der Waals surface area contributed by atoms with Crippen molar-refractivity contribution >= 4 is 16.8 Å². The first-order valence-corrected chi connectivity index (χ1v) is 9.71. The van der Waals surface area contributed by atoms with Crippen LogP contribution in [0.1, 0.15) is 34.6 Å². The monoisotopic (exact) mass is 380 g/mol. The second-order valence-corrected chi connectivity index (χ2v) is 7.64. The molecule has 0 radical (unpaired) electrons. The van der Waals surface area contributed by atoms with Crippen LogP contribution in [-0.4, -0.2) is 46.1 Å². The van der Waals surface area contributed by atoms with Crippen LogP contribution in [0.4, 0.5) is 4.39 Å². The van der Waals surface area contributed by atoms with Gasteiger partial charge in [-0.05, 0) is 30.7 Å². The molecule has 0 bridgehead atoms. The number of H-pyrrole nitrogens is 1. The number of hydrogen-bond donors (Lipinski definition) is 2. The molecule has 6 heteroatoms. The van der Waals surface area contributed by atoms with E-state index in [1.165, 1.54) is 0 Å². The molecule has 146 valence electrons. The van der Waals surface area contributed by atoms with Gasteiger partial charge < -0.3 is 15.2 Å². The van der Waals surface area contributed by atoms with Crippen LogP contribution >= 0.6 is 0 Å². The number of halogens is 1. The topological polar surface area (TPSA) is 61.0 Å². The van der Waals surface area contributed by atoms with Gasteiger partial charge in [-0.3, -0.25) is 9.78 Å². The number of para-hydroxylation sites is 1. The van der Waals surface area contributed by atoms with Crippen LogP contribution in [0.15, 0.2) is 48.7 Å². The first kappa shape index (κ1) is 18.6. The minimum Gasteiger partial charge on any atom is -0.351 e. The van der Waals surface area contributed by atoms with E-state index < -0.39 is 5.67 Å². The molecule has 1 amide bonds. The number of hydrogen-bond acceptors (Lipinski definition) is 3. The number of rotatable bonds is 5. The molecule has 3 heterocycles. The number of benzene rings is 1. The highest BCUT2D eigenvalue weighted by Gasteiger charge is 2.36. The molecule has 1 aromatic carbocycles. The first-order chi connectivity index (χ1) is 13.5. The molecule has 4 rings (SSSR count). The zero-order valence-electron chi connectivity index (χ0n) is 16.0. The fourth-order valence-corrected chi connectivity index (χ4v) is 3.66. The van der Waals surface area contributed by atoms with E-state index in [9.17, 15) is 4.79 Å². The van der Waals surface area contributed by atoms with Crippen LogP contribution in [0.5, 0.6) is 0 Å². The summed E-state index contributed by atoms with van der Waals surface area (Å²) in [5.41, 5.74) is 2.23. The maximum atomic E-state index is 15.1. The van der Waals surface area contributed by atoms with E-state index in [1.807, 2.05) is 55.6 Å². The largest absolute Gasteiger partial charge is 0.351 e. The van der Waals surface area contributed by atoms with Crippen LogP contribution in [-0.2, 0) is 6.54 Å². The molecule has 0 unspecified atom stereocenters. The van der Waals surface area contributed by atoms with Gasteiger partial charge in [0.1, 0.15) is 11.4 Å². The van der Waals surface area contributed by atoms with Crippen molar-refractivity contribution in [2.45, 2.75) is 32.0 Å². The quantitative estimate of drug-likeness (QED) is 0.711. The number of nitrogens with one attached hydrogen (secondary N) is 2. The number of nitrogens with zero attached hydrogens (tertiary/aromatic N) is 2. The lowest BCUT2D eigenvalue weighted by Crippen LogP contribution is -2.48. The summed E-state index contributed by atoms with van der Waals surface area (Å²) in [6.07, 6.45) is 2.50. The Morgan fingerprint density at radius 3 is 2.75 bits per heavy atom. The second-order valence-electron chi connectivity index (χ2n) is 7.64. The molecule has 28 heavy (non-hydrogen) atoms. The number of amides is 1. The number of aromatic nitrogens is 2. The van der Waals surface area contributed by atoms with Gasteiger partial charge in [-0.2, -0.15) is 0 Å². The van der Waals surface area contributed by atoms with Crippen molar-refractivity contribution in [2.24, 2.45) is 0 Å². The third-order valence-corrected chi connectivity index (χ3v) is 5.43. The molecule has 0 atom stereocenters. The number of alkyl halides is 1.